The summed E-state index contributed by atoms with van der Waals surface area (Å²) in [7, 11) is -0.960. The lowest BCUT2D eigenvalue weighted by atomic mass is 10.2. The monoisotopic (exact) mass is 537 g/mol. The Hall–Kier alpha value is -4.16. The molecule has 0 spiro atoms. The number of aryl methyl sites for hydroxylation is 1. The van der Waals surface area contributed by atoms with Crippen LogP contribution in [-0.2, 0) is 15.6 Å². The van der Waals surface area contributed by atoms with Gasteiger partial charge in [0, 0.05) is 6.20 Å². The van der Waals surface area contributed by atoms with E-state index in [1.807, 2.05) is 12.1 Å². The number of pyridine rings is 1. The van der Waals surface area contributed by atoms with Gasteiger partial charge in [-0.15, -0.1) is 10.2 Å². The second-order valence-corrected chi connectivity index (χ2v) is 11.2. The third kappa shape index (κ3) is 4.52. The topological polar surface area (TPSA) is 134 Å². The third-order valence-electron chi connectivity index (χ3n) is 6.35. The Morgan fingerprint density at radius 2 is 1.76 bits per heavy atom. The van der Waals surface area contributed by atoms with Crippen LogP contribution in [0.15, 0.2) is 65.2 Å². The first-order valence-corrected chi connectivity index (χ1v) is 13.5. The zero-order valence-corrected chi connectivity index (χ0v) is 22.1. The van der Waals surface area contributed by atoms with Gasteiger partial charge in [0.15, 0.2) is 21.4 Å². The Labute approximate surface area is 219 Å². The largest absolute Gasteiger partial charge is 0.494 e. The van der Waals surface area contributed by atoms with Crippen LogP contribution >= 0.6 is 0 Å². The van der Waals surface area contributed by atoms with Crippen molar-refractivity contribution in [3.05, 3.63) is 78.1 Å². The normalized spacial score (nSPS) is 13.5. The number of methoxy groups -OCH3 is 2. The Bertz CT molecular complexity index is 1650. The molecule has 1 aromatic carbocycles. The third-order valence-corrected chi connectivity index (χ3v) is 8.40. The van der Waals surface area contributed by atoms with Crippen LogP contribution in [0.25, 0.3) is 22.8 Å². The standard InChI is InChI=1S/C26H27N5O6S/c1-16-11-12-22(37-16)26-28-27-23(31(26)24-20(35-3)9-7-10-21(24)36-4)15-38(33,34)17(2)25(32)19-14-18-8-5-6-13-30(18)29-19/h5-14,17,25,32H,15H2,1-4H3/t17-,25+/m0/s1. The predicted octanol–water partition coefficient (Wildman–Crippen LogP) is 3.54. The Morgan fingerprint density at radius 1 is 1.03 bits per heavy atom. The molecule has 2 atom stereocenters. The van der Waals surface area contributed by atoms with Gasteiger partial charge in [-0.3, -0.25) is 4.57 Å². The molecule has 0 fully saturated rings. The van der Waals surface area contributed by atoms with E-state index < -0.39 is 26.9 Å². The number of furan rings is 1. The van der Waals surface area contributed by atoms with Crippen molar-refractivity contribution in [2.24, 2.45) is 0 Å². The molecule has 4 heterocycles. The second-order valence-electron chi connectivity index (χ2n) is 8.79. The summed E-state index contributed by atoms with van der Waals surface area (Å²) in [5, 5.41) is 22.6. The summed E-state index contributed by atoms with van der Waals surface area (Å²) in [5.41, 5.74) is 1.42. The van der Waals surface area contributed by atoms with E-state index in [1.165, 1.54) is 21.1 Å². The molecule has 1 N–H and O–H groups in total. The molecule has 0 amide bonds. The SMILES string of the molecule is COc1cccc(OC)c1-n1c(CS(=O)(=O)[C@@H](C)[C@@H](O)c2cc3ccccn3n2)nnc1-c1ccc(C)o1. The molecule has 0 radical (unpaired) electrons. The van der Waals surface area contributed by atoms with Crippen LogP contribution in [0.2, 0.25) is 0 Å². The van der Waals surface area contributed by atoms with Crippen molar-refractivity contribution < 1.29 is 27.4 Å². The average molecular weight is 538 g/mol. The minimum absolute atomic E-state index is 0.103. The number of aromatic nitrogens is 5. The molecule has 5 aromatic rings. The molecule has 198 valence electrons. The summed E-state index contributed by atoms with van der Waals surface area (Å²) < 4.78 is 47.3. The number of sulfone groups is 1. The van der Waals surface area contributed by atoms with Gasteiger partial charge >= 0.3 is 0 Å². The molecule has 38 heavy (non-hydrogen) atoms. The summed E-state index contributed by atoms with van der Waals surface area (Å²) in [6, 6.07) is 15.8. The fourth-order valence-electron chi connectivity index (χ4n) is 4.26. The maximum atomic E-state index is 13.6. The van der Waals surface area contributed by atoms with E-state index in [2.05, 4.69) is 15.3 Å². The van der Waals surface area contributed by atoms with Crippen LogP contribution in [0.3, 0.4) is 0 Å². The average Bonchev–Trinajstić information content (AvgIpc) is 3.65. The molecule has 5 rings (SSSR count). The molecule has 0 aliphatic carbocycles. The van der Waals surface area contributed by atoms with Gasteiger partial charge in [-0.25, -0.2) is 12.9 Å². The number of benzene rings is 1. The number of nitrogens with zero attached hydrogens (tertiary/aromatic N) is 5. The van der Waals surface area contributed by atoms with E-state index in [1.54, 1.807) is 64.7 Å². The highest BCUT2D eigenvalue weighted by Crippen LogP contribution is 2.37. The molecule has 12 heteroatoms. The highest BCUT2D eigenvalue weighted by Gasteiger charge is 2.34. The van der Waals surface area contributed by atoms with E-state index >= 15 is 0 Å². The second kappa shape index (κ2) is 9.95. The molecular weight excluding hydrogens is 510 g/mol. The minimum Gasteiger partial charge on any atom is -0.494 e. The van der Waals surface area contributed by atoms with Gasteiger partial charge in [-0.05, 0) is 56.3 Å². The van der Waals surface area contributed by atoms with Crippen LogP contribution in [0, 0.1) is 6.92 Å². The first-order chi connectivity index (χ1) is 18.2. The Balaban J connectivity index is 1.58. The number of ether oxygens (including phenoxy) is 2. The molecule has 0 aliphatic heterocycles. The first-order valence-electron chi connectivity index (χ1n) is 11.8. The number of hydrogen-bond acceptors (Lipinski definition) is 9. The summed E-state index contributed by atoms with van der Waals surface area (Å²) >= 11 is 0. The van der Waals surface area contributed by atoms with Crippen molar-refractivity contribution in [3.8, 4) is 28.8 Å². The maximum Gasteiger partial charge on any atom is 0.204 e. The van der Waals surface area contributed by atoms with Gasteiger partial charge in [0.1, 0.15) is 34.8 Å². The van der Waals surface area contributed by atoms with E-state index in [4.69, 9.17) is 13.9 Å². The number of para-hydroxylation sites is 1. The van der Waals surface area contributed by atoms with Gasteiger partial charge < -0.3 is 19.0 Å². The van der Waals surface area contributed by atoms with Crippen LogP contribution in [-0.4, -0.2) is 57.4 Å². The summed E-state index contributed by atoms with van der Waals surface area (Å²) in [5.74, 6) is 1.75. The maximum absolute atomic E-state index is 13.6. The van der Waals surface area contributed by atoms with E-state index in [0.29, 0.717) is 28.7 Å². The summed E-state index contributed by atoms with van der Waals surface area (Å²) in [6.07, 6.45) is 0.371. The van der Waals surface area contributed by atoms with Crippen LogP contribution in [0.1, 0.15) is 30.3 Å². The molecule has 0 bridgehead atoms. The smallest absolute Gasteiger partial charge is 0.204 e. The number of aliphatic hydroxyl groups is 1. The van der Waals surface area contributed by atoms with Crippen molar-refractivity contribution in [2.45, 2.75) is 31.0 Å². The van der Waals surface area contributed by atoms with Crippen molar-refractivity contribution in [2.75, 3.05) is 14.2 Å². The van der Waals surface area contributed by atoms with Crippen molar-refractivity contribution in [1.82, 2.24) is 24.4 Å². The number of fused-ring (bicyclic) bond motifs is 1. The van der Waals surface area contributed by atoms with Gasteiger partial charge in [-0.2, -0.15) is 5.10 Å². The van der Waals surface area contributed by atoms with Gasteiger partial charge in [0.05, 0.1) is 30.7 Å². The fourth-order valence-corrected chi connectivity index (χ4v) is 5.60. The Morgan fingerprint density at radius 3 is 2.39 bits per heavy atom. The van der Waals surface area contributed by atoms with E-state index in [9.17, 15) is 13.5 Å². The first kappa shape index (κ1) is 25.5. The zero-order valence-electron chi connectivity index (χ0n) is 21.3. The predicted molar refractivity (Wildman–Crippen MR) is 139 cm³/mol. The van der Waals surface area contributed by atoms with Crippen LogP contribution in [0.5, 0.6) is 11.5 Å². The quantitative estimate of drug-likeness (QED) is 0.300. The molecule has 0 saturated heterocycles. The fraction of sp³-hybridized carbons (Fsp3) is 0.269. The number of rotatable bonds is 9. The molecule has 4 aromatic heterocycles. The molecular formula is C26H27N5O6S. The van der Waals surface area contributed by atoms with E-state index in [-0.39, 0.29) is 17.3 Å². The summed E-state index contributed by atoms with van der Waals surface area (Å²) in [6.45, 7) is 3.24. The number of hydrogen-bond donors (Lipinski definition) is 1. The lowest BCUT2D eigenvalue weighted by Crippen LogP contribution is -2.28. The Kier molecular flexibility index (Phi) is 6.67. The molecule has 0 unspecified atom stereocenters. The van der Waals surface area contributed by atoms with Gasteiger partial charge in [0.2, 0.25) is 5.82 Å². The van der Waals surface area contributed by atoms with Gasteiger partial charge in [-0.1, -0.05) is 12.1 Å². The highest BCUT2D eigenvalue weighted by atomic mass is 32.2. The lowest BCUT2D eigenvalue weighted by molar-refractivity contribution is 0.170. The molecule has 0 aliphatic rings. The zero-order chi connectivity index (χ0) is 27.0. The molecule has 11 nitrogen and oxygen atoms in total. The lowest BCUT2D eigenvalue weighted by Gasteiger charge is -2.19. The van der Waals surface area contributed by atoms with Gasteiger partial charge in [0.25, 0.3) is 0 Å². The van der Waals surface area contributed by atoms with Crippen LogP contribution in [0.4, 0.5) is 0 Å². The van der Waals surface area contributed by atoms with Crippen molar-refractivity contribution >= 4 is 15.4 Å². The van der Waals surface area contributed by atoms with Crippen molar-refractivity contribution in [1.29, 1.82) is 0 Å². The highest BCUT2D eigenvalue weighted by molar-refractivity contribution is 7.91. The minimum atomic E-state index is -3.97. The molecule has 0 saturated carbocycles. The number of aliphatic hydroxyl groups excluding tert-OH is 1. The van der Waals surface area contributed by atoms with Crippen LogP contribution < -0.4 is 9.47 Å². The van der Waals surface area contributed by atoms with Crippen molar-refractivity contribution in [3.63, 3.8) is 0 Å². The summed E-state index contributed by atoms with van der Waals surface area (Å²) in [4.78, 5) is 0. The van der Waals surface area contributed by atoms with E-state index in [0.717, 1.165) is 5.52 Å².